The summed E-state index contributed by atoms with van der Waals surface area (Å²) in [7, 11) is -0.876. The van der Waals surface area contributed by atoms with Crippen LogP contribution in [-0.4, -0.2) is 46.6 Å². The number of carbonyl (C=O) groups is 1. The number of benzene rings is 2. The van der Waals surface area contributed by atoms with E-state index in [1.165, 1.54) is 35.7 Å². The summed E-state index contributed by atoms with van der Waals surface area (Å²) in [6, 6.07) is 11.4. The molecule has 0 aliphatic carbocycles. The molecule has 2 aromatic carbocycles. The van der Waals surface area contributed by atoms with Gasteiger partial charge in [-0.05, 0) is 49.2 Å². The number of ether oxygens (including phenoxy) is 1. The molecule has 0 bridgehead atoms. The minimum atomic E-state index is -3.90. The zero-order chi connectivity index (χ0) is 22.6. The number of carbonyl (C=O) groups excluding carboxylic acids is 1. The molecule has 8 nitrogen and oxygen atoms in total. The van der Waals surface area contributed by atoms with E-state index in [2.05, 4.69) is 10.3 Å². The first-order valence-electron chi connectivity index (χ1n) is 9.74. The van der Waals surface area contributed by atoms with Crippen molar-refractivity contribution in [1.82, 2.24) is 10.3 Å². The van der Waals surface area contributed by atoms with Crippen LogP contribution in [0.1, 0.15) is 22.3 Å². The van der Waals surface area contributed by atoms with Crippen LogP contribution in [0.2, 0.25) is 0 Å². The fourth-order valence-electron chi connectivity index (χ4n) is 3.16. The number of hydrogen-bond acceptors (Lipinski definition) is 5. The second kappa shape index (κ2) is 9.32. The third-order valence-corrected chi connectivity index (χ3v) is 6.71. The van der Waals surface area contributed by atoms with Crippen LogP contribution in [0.5, 0.6) is 0 Å². The summed E-state index contributed by atoms with van der Waals surface area (Å²) in [6.45, 7) is 2.73. The van der Waals surface area contributed by atoms with Gasteiger partial charge in [-0.25, -0.2) is 8.42 Å². The first-order chi connectivity index (χ1) is 14.8. The molecule has 0 unspecified atom stereocenters. The Hall–Kier alpha value is -3.17. The molecule has 0 atom stereocenters. The lowest BCUT2D eigenvalue weighted by molar-refractivity contribution is 0.0947. The third kappa shape index (κ3) is 4.78. The van der Waals surface area contributed by atoms with E-state index < -0.39 is 21.4 Å². The first-order valence-corrected chi connectivity index (χ1v) is 11.2. The number of pyridine rings is 1. The maximum absolute atomic E-state index is 13.1. The van der Waals surface area contributed by atoms with Crippen molar-refractivity contribution in [1.29, 1.82) is 0 Å². The molecule has 164 valence electrons. The minimum Gasteiger partial charge on any atom is -0.385 e. The predicted octanol–water partition coefficient (Wildman–Crippen LogP) is 2.43. The molecule has 9 heteroatoms. The molecule has 0 spiro atoms. The van der Waals surface area contributed by atoms with Crippen molar-refractivity contribution in [2.45, 2.75) is 18.2 Å². The zero-order valence-corrected chi connectivity index (χ0v) is 18.5. The number of aromatic amines is 1. The zero-order valence-electron chi connectivity index (χ0n) is 17.6. The maximum atomic E-state index is 13.1. The van der Waals surface area contributed by atoms with E-state index in [0.717, 1.165) is 5.56 Å². The summed E-state index contributed by atoms with van der Waals surface area (Å²) < 4.78 is 32.4. The molecule has 0 fully saturated rings. The average molecular weight is 444 g/mol. The lowest BCUT2D eigenvalue weighted by Gasteiger charge is -2.20. The molecular weight excluding hydrogens is 418 g/mol. The summed E-state index contributed by atoms with van der Waals surface area (Å²) in [4.78, 5) is 28.2. The Balaban J connectivity index is 1.97. The fraction of sp³-hybridized carbons (Fsp3) is 0.273. The van der Waals surface area contributed by atoms with Gasteiger partial charge in [0.05, 0.1) is 10.6 Å². The standard InChI is InChI=1S/C22H25N3O5S/c1-15-6-4-7-16(12-15)25(2)31(28,29)17-8-9-20-18(13-17)21(26)19(14-24-20)22(27)23-10-5-11-30-3/h4,6-9,12-14H,5,10-11H2,1-3H3,(H,23,27)(H,24,26). The number of methoxy groups -OCH3 is 1. The third-order valence-electron chi connectivity index (χ3n) is 4.93. The highest BCUT2D eigenvalue weighted by Crippen LogP contribution is 2.24. The van der Waals surface area contributed by atoms with Gasteiger partial charge < -0.3 is 15.0 Å². The SMILES string of the molecule is COCCCNC(=O)c1c[nH]c2ccc(S(=O)(=O)N(C)c3cccc(C)c3)cc2c1=O. The summed E-state index contributed by atoms with van der Waals surface area (Å²) in [6.07, 6.45) is 1.95. The number of hydrogen-bond donors (Lipinski definition) is 2. The Morgan fingerprint density at radius 3 is 2.68 bits per heavy atom. The highest BCUT2D eigenvalue weighted by atomic mass is 32.2. The number of anilines is 1. The van der Waals surface area contributed by atoms with Crippen LogP contribution >= 0.6 is 0 Å². The van der Waals surface area contributed by atoms with Gasteiger partial charge in [0.15, 0.2) is 0 Å². The largest absolute Gasteiger partial charge is 0.385 e. The molecule has 31 heavy (non-hydrogen) atoms. The molecule has 0 saturated heterocycles. The summed E-state index contributed by atoms with van der Waals surface area (Å²) in [5, 5.41) is 2.79. The van der Waals surface area contributed by atoms with E-state index in [1.54, 1.807) is 25.3 Å². The molecule has 1 aromatic heterocycles. The van der Waals surface area contributed by atoms with Crippen LogP contribution in [0.3, 0.4) is 0 Å². The van der Waals surface area contributed by atoms with Crippen molar-refractivity contribution < 1.29 is 17.9 Å². The Kier molecular flexibility index (Phi) is 6.77. The lowest BCUT2D eigenvalue weighted by atomic mass is 10.1. The molecular formula is C22H25N3O5S. The van der Waals surface area contributed by atoms with E-state index in [4.69, 9.17) is 4.74 Å². The van der Waals surface area contributed by atoms with Gasteiger partial charge >= 0.3 is 0 Å². The summed E-state index contributed by atoms with van der Waals surface area (Å²) >= 11 is 0. The molecule has 2 N–H and O–H groups in total. The van der Waals surface area contributed by atoms with E-state index in [9.17, 15) is 18.0 Å². The average Bonchev–Trinajstić information content (AvgIpc) is 2.76. The van der Waals surface area contributed by atoms with Crippen molar-refractivity contribution in [3.05, 3.63) is 70.0 Å². The highest BCUT2D eigenvalue weighted by molar-refractivity contribution is 7.92. The summed E-state index contributed by atoms with van der Waals surface area (Å²) in [5.41, 5.74) is 1.27. The van der Waals surface area contributed by atoms with Crippen molar-refractivity contribution in [2.24, 2.45) is 0 Å². The van der Waals surface area contributed by atoms with E-state index in [1.807, 2.05) is 13.0 Å². The van der Waals surface area contributed by atoms with E-state index in [0.29, 0.717) is 30.8 Å². The summed E-state index contributed by atoms with van der Waals surface area (Å²) in [5.74, 6) is -0.524. The predicted molar refractivity (Wildman–Crippen MR) is 120 cm³/mol. The van der Waals surface area contributed by atoms with Gasteiger partial charge in [0.25, 0.3) is 15.9 Å². The molecule has 0 radical (unpaired) electrons. The highest BCUT2D eigenvalue weighted by Gasteiger charge is 2.23. The number of H-pyrrole nitrogens is 1. The van der Waals surface area contributed by atoms with E-state index >= 15 is 0 Å². The topological polar surface area (TPSA) is 109 Å². The number of fused-ring (bicyclic) bond motifs is 1. The van der Waals surface area contributed by atoms with Crippen molar-refractivity contribution in [3.63, 3.8) is 0 Å². The van der Waals surface area contributed by atoms with E-state index in [-0.39, 0.29) is 15.8 Å². The number of nitrogens with zero attached hydrogens (tertiary/aromatic N) is 1. The molecule has 0 aliphatic heterocycles. The number of rotatable bonds is 8. The second-order valence-corrected chi connectivity index (χ2v) is 9.12. The van der Waals surface area contributed by atoms with Gasteiger partial charge in [-0.1, -0.05) is 12.1 Å². The van der Waals surface area contributed by atoms with Gasteiger partial charge in [-0.3, -0.25) is 13.9 Å². The Morgan fingerprint density at radius 1 is 1.19 bits per heavy atom. The first kappa shape index (κ1) is 22.5. The number of aryl methyl sites for hydroxylation is 1. The Bertz CT molecular complexity index is 1270. The molecule has 1 heterocycles. The quantitative estimate of drug-likeness (QED) is 0.520. The number of sulfonamides is 1. The molecule has 0 aliphatic rings. The molecule has 3 rings (SSSR count). The Morgan fingerprint density at radius 2 is 1.97 bits per heavy atom. The normalized spacial score (nSPS) is 11.5. The number of nitrogens with one attached hydrogen (secondary N) is 2. The van der Waals surface area contributed by atoms with Crippen LogP contribution in [0, 0.1) is 6.92 Å². The van der Waals surface area contributed by atoms with Crippen molar-refractivity contribution in [2.75, 3.05) is 31.6 Å². The molecule has 0 saturated carbocycles. The number of amides is 1. The lowest BCUT2D eigenvalue weighted by Crippen LogP contribution is -2.30. The van der Waals surface area contributed by atoms with Crippen LogP contribution < -0.4 is 15.1 Å². The fourth-order valence-corrected chi connectivity index (χ4v) is 4.38. The van der Waals surface area contributed by atoms with Crippen LogP contribution in [0.4, 0.5) is 5.69 Å². The van der Waals surface area contributed by atoms with Gasteiger partial charge in [-0.2, -0.15) is 0 Å². The monoisotopic (exact) mass is 443 g/mol. The number of aromatic nitrogens is 1. The smallest absolute Gasteiger partial charge is 0.264 e. The van der Waals surface area contributed by atoms with Crippen molar-refractivity contribution >= 4 is 32.5 Å². The van der Waals surface area contributed by atoms with Crippen molar-refractivity contribution in [3.8, 4) is 0 Å². The van der Waals surface area contributed by atoms with Gasteiger partial charge in [-0.15, -0.1) is 0 Å². The van der Waals surface area contributed by atoms with Gasteiger partial charge in [0.1, 0.15) is 5.56 Å². The second-order valence-electron chi connectivity index (χ2n) is 7.15. The Labute approximate surface area is 180 Å². The van der Waals surface area contributed by atoms with Crippen LogP contribution in [0.25, 0.3) is 10.9 Å². The van der Waals surface area contributed by atoms with Crippen LogP contribution in [0.15, 0.2) is 58.4 Å². The van der Waals surface area contributed by atoms with Gasteiger partial charge in [0.2, 0.25) is 5.43 Å². The molecule has 1 amide bonds. The minimum absolute atomic E-state index is 0.0350. The molecule has 3 aromatic rings. The maximum Gasteiger partial charge on any atom is 0.264 e. The van der Waals surface area contributed by atoms with Gasteiger partial charge in [0, 0.05) is 44.4 Å². The van der Waals surface area contributed by atoms with Crippen LogP contribution in [-0.2, 0) is 14.8 Å².